The summed E-state index contributed by atoms with van der Waals surface area (Å²) in [5.74, 6) is -1.04. The van der Waals surface area contributed by atoms with Crippen LogP contribution in [0.4, 0.5) is 0 Å². The van der Waals surface area contributed by atoms with Crippen molar-refractivity contribution in [2.24, 2.45) is 0 Å². The molecule has 6 nitrogen and oxygen atoms in total. The molecule has 0 bridgehead atoms. The Morgan fingerprint density at radius 2 is 2.20 bits per heavy atom. The molecule has 0 radical (unpaired) electrons. The third-order valence-corrected chi connectivity index (χ3v) is 3.08. The lowest BCUT2D eigenvalue weighted by Crippen LogP contribution is -2.30. The fraction of sp³-hybridized carbons (Fsp3) is 0.357. The molecule has 0 atom stereocenters. The van der Waals surface area contributed by atoms with Crippen LogP contribution in [-0.4, -0.2) is 44.9 Å². The smallest absolute Gasteiger partial charge is 0.305 e. The molecule has 2 aromatic rings. The number of aliphatic carboxylic acids is 1. The van der Waals surface area contributed by atoms with Gasteiger partial charge in [-0.25, -0.2) is 4.98 Å². The number of aryl methyl sites for hydroxylation is 1. The van der Waals surface area contributed by atoms with Crippen molar-refractivity contribution in [3.63, 3.8) is 0 Å². The summed E-state index contributed by atoms with van der Waals surface area (Å²) in [4.78, 5) is 28.2. The molecule has 0 aromatic carbocycles. The van der Waals surface area contributed by atoms with Gasteiger partial charge in [0.05, 0.1) is 18.5 Å². The maximum Gasteiger partial charge on any atom is 0.305 e. The third kappa shape index (κ3) is 3.34. The van der Waals surface area contributed by atoms with Crippen LogP contribution in [0.1, 0.15) is 17.7 Å². The summed E-state index contributed by atoms with van der Waals surface area (Å²) < 4.78 is 1.87. The average Bonchev–Trinajstić information content (AvgIpc) is 2.76. The number of hydrogen-bond acceptors (Lipinski definition) is 3. The zero-order valence-electron chi connectivity index (χ0n) is 11.5. The van der Waals surface area contributed by atoms with Gasteiger partial charge in [0, 0.05) is 26.0 Å². The van der Waals surface area contributed by atoms with Gasteiger partial charge >= 0.3 is 5.97 Å². The van der Waals surface area contributed by atoms with Gasteiger partial charge in [-0.3, -0.25) is 9.59 Å². The predicted molar refractivity (Wildman–Crippen MR) is 73.5 cm³/mol. The number of hydrogen-bond donors (Lipinski definition) is 1. The largest absolute Gasteiger partial charge is 0.481 e. The molecule has 2 aromatic heterocycles. The lowest BCUT2D eigenvalue weighted by atomic mass is 10.3. The quantitative estimate of drug-likeness (QED) is 0.887. The van der Waals surface area contributed by atoms with E-state index < -0.39 is 5.97 Å². The van der Waals surface area contributed by atoms with Gasteiger partial charge in [-0.2, -0.15) is 0 Å². The standard InChI is InChI=1S/C14H17N3O3/c1-10-3-6-17-9-11(15-12(17)7-10)8-13(18)16(2)5-4-14(19)20/h3,6-7,9H,4-5,8H2,1-2H3,(H,19,20). The molecule has 0 fully saturated rings. The minimum absolute atomic E-state index is 0.0490. The number of carboxylic acids is 1. The fourth-order valence-electron chi connectivity index (χ4n) is 1.90. The Labute approximate surface area is 116 Å². The van der Waals surface area contributed by atoms with E-state index in [1.54, 1.807) is 7.05 Å². The van der Waals surface area contributed by atoms with Crippen LogP contribution in [0.25, 0.3) is 5.65 Å². The summed E-state index contributed by atoms with van der Waals surface area (Å²) in [7, 11) is 1.60. The zero-order chi connectivity index (χ0) is 14.7. The van der Waals surface area contributed by atoms with Gasteiger partial charge < -0.3 is 14.4 Å². The van der Waals surface area contributed by atoms with Crippen molar-refractivity contribution < 1.29 is 14.7 Å². The lowest BCUT2D eigenvalue weighted by Gasteiger charge is -2.14. The van der Waals surface area contributed by atoms with E-state index in [9.17, 15) is 9.59 Å². The first-order valence-corrected chi connectivity index (χ1v) is 6.35. The van der Waals surface area contributed by atoms with Gasteiger partial charge in [-0.05, 0) is 24.6 Å². The minimum atomic E-state index is -0.909. The van der Waals surface area contributed by atoms with E-state index in [0.717, 1.165) is 11.2 Å². The van der Waals surface area contributed by atoms with Crippen LogP contribution in [0.5, 0.6) is 0 Å². The highest BCUT2D eigenvalue weighted by atomic mass is 16.4. The van der Waals surface area contributed by atoms with Gasteiger partial charge in [-0.1, -0.05) is 0 Å². The van der Waals surface area contributed by atoms with E-state index in [1.165, 1.54) is 4.90 Å². The van der Waals surface area contributed by atoms with Gasteiger partial charge in [0.15, 0.2) is 0 Å². The molecular weight excluding hydrogens is 258 g/mol. The average molecular weight is 275 g/mol. The molecule has 2 rings (SSSR count). The van der Waals surface area contributed by atoms with Crippen LogP contribution in [0.2, 0.25) is 0 Å². The van der Waals surface area contributed by atoms with Gasteiger partial charge in [0.2, 0.25) is 5.91 Å². The number of carboxylic acid groups (broad SMARTS) is 1. The predicted octanol–water partition coefficient (Wildman–Crippen LogP) is 1.12. The van der Waals surface area contributed by atoms with Crippen molar-refractivity contribution in [2.75, 3.05) is 13.6 Å². The Kier molecular flexibility index (Phi) is 4.02. The Morgan fingerprint density at radius 1 is 1.45 bits per heavy atom. The summed E-state index contributed by atoms with van der Waals surface area (Å²) in [5.41, 5.74) is 2.60. The maximum absolute atomic E-state index is 12.0. The molecule has 0 saturated heterocycles. The number of carbonyl (C=O) groups excluding carboxylic acids is 1. The van der Waals surface area contributed by atoms with Gasteiger partial charge in [-0.15, -0.1) is 0 Å². The second-order valence-electron chi connectivity index (χ2n) is 4.84. The number of imidazole rings is 1. The highest BCUT2D eigenvalue weighted by Crippen LogP contribution is 2.09. The van der Waals surface area contributed by atoms with E-state index in [0.29, 0.717) is 5.69 Å². The molecule has 0 aliphatic carbocycles. The van der Waals surface area contributed by atoms with Crippen molar-refractivity contribution >= 4 is 17.5 Å². The number of fused-ring (bicyclic) bond motifs is 1. The summed E-state index contributed by atoms with van der Waals surface area (Å²) in [6, 6.07) is 3.92. The number of amides is 1. The number of nitrogens with zero attached hydrogens (tertiary/aromatic N) is 3. The van der Waals surface area contributed by atoms with Crippen LogP contribution < -0.4 is 0 Å². The van der Waals surface area contributed by atoms with Crippen LogP contribution >= 0.6 is 0 Å². The second kappa shape index (κ2) is 5.73. The van der Waals surface area contributed by atoms with Crippen molar-refractivity contribution in [1.82, 2.24) is 14.3 Å². The van der Waals surface area contributed by atoms with E-state index in [4.69, 9.17) is 5.11 Å². The number of carbonyl (C=O) groups is 2. The van der Waals surface area contributed by atoms with Crippen LogP contribution in [-0.2, 0) is 16.0 Å². The molecule has 0 aliphatic heterocycles. The SMILES string of the molecule is Cc1ccn2cc(CC(=O)N(C)CCC(=O)O)nc2c1. The first-order valence-electron chi connectivity index (χ1n) is 6.35. The maximum atomic E-state index is 12.0. The highest BCUT2D eigenvalue weighted by Gasteiger charge is 2.13. The molecule has 1 amide bonds. The van der Waals surface area contributed by atoms with Crippen molar-refractivity contribution in [3.05, 3.63) is 35.8 Å². The van der Waals surface area contributed by atoms with Crippen LogP contribution in [0.3, 0.4) is 0 Å². The molecule has 20 heavy (non-hydrogen) atoms. The zero-order valence-corrected chi connectivity index (χ0v) is 11.5. The summed E-state index contributed by atoms with van der Waals surface area (Å²) in [6.07, 6.45) is 3.85. The Morgan fingerprint density at radius 3 is 2.90 bits per heavy atom. The molecule has 106 valence electrons. The van der Waals surface area contributed by atoms with E-state index in [-0.39, 0.29) is 25.3 Å². The number of rotatable bonds is 5. The van der Waals surface area contributed by atoms with Crippen molar-refractivity contribution in [1.29, 1.82) is 0 Å². The second-order valence-corrected chi connectivity index (χ2v) is 4.84. The molecule has 0 aliphatic rings. The van der Waals surface area contributed by atoms with Gasteiger partial charge in [0.1, 0.15) is 5.65 Å². The summed E-state index contributed by atoms with van der Waals surface area (Å²) in [5, 5.41) is 8.60. The van der Waals surface area contributed by atoms with Gasteiger partial charge in [0.25, 0.3) is 0 Å². The van der Waals surface area contributed by atoms with Crippen molar-refractivity contribution in [3.8, 4) is 0 Å². The topological polar surface area (TPSA) is 74.9 Å². The first kappa shape index (κ1) is 14.0. The Hall–Kier alpha value is -2.37. The number of pyridine rings is 1. The normalized spacial score (nSPS) is 10.7. The third-order valence-electron chi connectivity index (χ3n) is 3.08. The molecule has 1 N–H and O–H groups in total. The molecule has 0 saturated carbocycles. The van der Waals surface area contributed by atoms with Crippen molar-refractivity contribution in [2.45, 2.75) is 19.8 Å². The first-order chi connectivity index (χ1) is 9.45. The molecule has 6 heteroatoms. The Bertz CT molecular complexity index is 648. The Balaban J connectivity index is 2.04. The summed E-state index contributed by atoms with van der Waals surface area (Å²) >= 11 is 0. The lowest BCUT2D eigenvalue weighted by molar-refractivity contribution is -0.138. The van der Waals surface area contributed by atoms with Crippen LogP contribution in [0.15, 0.2) is 24.5 Å². The molecule has 2 heterocycles. The number of aromatic nitrogens is 2. The fourth-order valence-corrected chi connectivity index (χ4v) is 1.90. The molecule has 0 spiro atoms. The number of likely N-dealkylation sites (N-methyl/N-ethyl adjacent to an activating group) is 1. The summed E-state index contributed by atoms with van der Waals surface area (Å²) in [6.45, 7) is 2.19. The van der Waals surface area contributed by atoms with Crippen LogP contribution in [0, 0.1) is 6.92 Å². The van der Waals surface area contributed by atoms with E-state index in [1.807, 2.05) is 35.9 Å². The highest BCUT2D eigenvalue weighted by molar-refractivity contribution is 5.78. The van der Waals surface area contributed by atoms with E-state index in [2.05, 4.69) is 4.98 Å². The molecule has 0 unspecified atom stereocenters. The minimum Gasteiger partial charge on any atom is -0.481 e. The molecular formula is C14H17N3O3. The monoisotopic (exact) mass is 275 g/mol. The van der Waals surface area contributed by atoms with E-state index >= 15 is 0 Å².